The minimum Gasteiger partial charge on any atom is -0.481 e. The first-order valence-electron chi connectivity index (χ1n) is 5.42. The van der Waals surface area contributed by atoms with Crippen molar-refractivity contribution in [2.75, 3.05) is 12.9 Å². The van der Waals surface area contributed by atoms with Crippen LogP contribution in [0.5, 0.6) is 0 Å². The van der Waals surface area contributed by atoms with E-state index in [1.54, 1.807) is 12.6 Å². The number of benzene rings is 1. The van der Waals surface area contributed by atoms with Gasteiger partial charge in [-0.15, -0.1) is 5.10 Å². The largest absolute Gasteiger partial charge is 0.481 e. The molecule has 0 saturated heterocycles. The summed E-state index contributed by atoms with van der Waals surface area (Å²) in [6.45, 7) is 0. The number of thioether (sulfide) groups is 1. The number of carboxylic acid groups (broad SMARTS) is 1. The lowest BCUT2D eigenvalue weighted by atomic mass is 10.2. The summed E-state index contributed by atoms with van der Waals surface area (Å²) in [5.41, 5.74) is 3.40. The van der Waals surface area contributed by atoms with Crippen molar-refractivity contribution in [3.8, 4) is 11.4 Å². The van der Waals surface area contributed by atoms with Gasteiger partial charge in [-0.25, -0.2) is 9.82 Å². The lowest BCUT2D eigenvalue weighted by molar-refractivity contribution is -0.830. The Morgan fingerprint density at radius 1 is 1.58 bits per heavy atom. The van der Waals surface area contributed by atoms with Gasteiger partial charge < -0.3 is 5.11 Å². The average Bonchev–Trinajstić information content (AvgIpc) is 2.86. The Bertz CT molecular complexity index is 573. The third-order valence-electron chi connectivity index (χ3n) is 2.20. The van der Waals surface area contributed by atoms with Crippen molar-refractivity contribution in [2.45, 2.75) is 5.16 Å². The van der Waals surface area contributed by atoms with Gasteiger partial charge in [0.25, 0.3) is 0 Å². The minimum absolute atomic E-state index is 0.0607. The van der Waals surface area contributed by atoms with E-state index in [0.29, 0.717) is 11.0 Å². The highest BCUT2D eigenvalue weighted by atomic mass is 32.2. The summed E-state index contributed by atoms with van der Waals surface area (Å²) in [4.78, 5) is 19.6. The number of nitrogens with two attached hydrogens (primary N) is 1. The van der Waals surface area contributed by atoms with Crippen LogP contribution in [0, 0.1) is 0 Å². The number of quaternary nitrogens is 1. The summed E-state index contributed by atoms with van der Waals surface area (Å²) in [5.74, 6) is -0.360. The number of nitrogens with one attached hydrogen (secondary N) is 1. The molecule has 1 aromatic carbocycles. The fourth-order valence-electron chi connectivity index (χ4n) is 1.46. The lowest BCUT2D eigenvalue weighted by Gasteiger charge is -1.98. The van der Waals surface area contributed by atoms with Crippen molar-refractivity contribution in [3.05, 3.63) is 24.3 Å². The molecule has 1 aromatic heterocycles. The molecule has 0 unspecified atom stereocenters. The molecule has 19 heavy (non-hydrogen) atoms. The molecule has 0 aliphatic carbocycles. The van der Waals surface area contributed by atoms with Crippen LogP contribution in [0.25, 0.3) is 11.4 Å². The number of aromatic nitrogens is 3. The second kappa shape index (κ2) is 6.32. The maximum absolute atomic E-state index is 10.5. The molecule has 0 aliphatic rings. The van der Waals surface area contributed by atoms with Gasteiger partial charge >= 0.3 is 5.97 Å². The highest BCUT2D eigenvalue weighted by molar-refractivity contribution is 7.99. The quantitative estimate of drug-likeness (QED) is 0.402. The zero-order valence-corrected chi connectivity index (χ0v) is 11.0. The molecule has 0 fully saturated rings. The van der Waals surface area contributed by atoms with E-state index in [9.17, 15) is 4.79 Å². The first kappa shape index (κ1) is 13.5. The Balaban J connectivity index is 2.13. The predicted octanol–water partition coefficient (Wildman–Crippen LogP) is 0.405. The SMILES string of the molecule is CO[NH2+]c1cccc(-c2nc(SCC(=O)O)n[nH]2)c1. The first-order chi connectivity index (χ1) is 9.19. The molecule has 0 saturated carbocycles. The van der Waals surface area contributed by atoms with Gasteiger partial charge in [-0.2, -0.15) is 5.48 Å². The Hall–Kier alpha value is -1.90. The molecule has 7 nitrogen and oxygen atoms in total. The van der Waals surface area contributed by atoms with Crippen molar-refractivity contribution in [1.29, 1.82) is 0 Å². The zero-order chi connectivity index (χ0) is 13.7. The topological polar surface area (TPSA) is 105 Å². The normalized spacial score (nSPS) is 10.6. The number of carbonyl (C=O) groups is 1. The molecule has 100 valence electrons. The van der Waals surface area contributed by atoms with Gasteiger partial charge in [0.2, 0.25) is 5.16 Å². The first-order valence-corrected chi connectivity index (χ1v) is 6.41. The number of carboxylic acids is 1. The summed E-state index contributed by atoms with van der Waals surface area (Å²) in [7, 11) is 1.59. The minimum atomic E-state index is -0.895. The summed E-state index contributed by atoms with van der Waals surface area (Å²) in [5, 5.41) is 15.8. The van der Waals surface area contributed by atoms with Crippen LogP contribution < -0.4 is 5.48 Å². The van der Waals surface area contributed by atoms with E-state index in [0.717, 1.165) is 23.0 Å². The molecule has 0 atom stereocenters. The number of rotatable bonds is 6. The zero-order valence-electron chi connectivity index (χ0n) is 10.2. The van der Waals surface area contributed by atoms with Crippen LogP contribution in [0.4, 0.5) is 5.69 Å². The third-order valence-corrected chi connectivity index (χ3v) is 3.04. The number of hydrogen-bond acceptors (Lipinski definition) is 5. The van der Waals surface area contributed by atoms with Crippen LogP contribution in [-0.4, -0.2) is 39.1 Å². The lowest BCUT2D eigenvalue weighted by Crippen LogP contribution is -2.75. The van der Waals surface area contributed by atoms with E-state index >= 15 is 0 Å². The van der Waals surface area contributed by atoms with Crippen molar-refractivity contribution < 1.29 is 20.2 Å². The van der Waals surface area contributed by atoms with Gasteiger partial charge in [0.15, 0.2) is 11.5 Å². The Morgan fingerprint density at radius 3 is 3.16 bits per heavy atom. The van der Waals surface area contributed by atoms with Gasteiger partial charge in [-0.1, -0.05) is 23.9 Å². The number of aromatic amines is 1. The number of aliphatic carboxylic acids is 1. The summed E-state index contributed by atoms with van der Waals surface area (Å²) in [6.07, 6.45) is 0. The van der Waals surface area contributed by atoms with Gasteiger partial charge in [0.05, 0.1) is 12.9 Å². The summed E-state index contributed by atoms with van der Waals surface area (Å²) < 4.78 is 0. The number of hydrogen-bond donors (Lipinski definition) is 3. The van der Waals surface area contributed by atoms with Crippen molar-refractivity contribution >= 4 is 23.4 Å². The van der Waals surface area contributed by atoms with E-state index in [2.05, 4.69) is 15.2 Å². The van der Waals surface area contributed by atoms with Crippen LogP contribution in [0.15, 0.2) is 29.4 Å². The third kappa shape index (κ3) is 3.78. The average molecular weight is 281 g/mol. The molecule has 2 rings (SSSR count). The van der Waals surface area contributed by atoms with Crippen LogP contribution in [0.2, 0.25) is 0 Å². The molecule has 0 radical (unpaired) electrons. The molecular formula is C11H13N4O3S+. The fraction of sp³-hybridized carbons (Fsp3) is 0.182. The fourth-order valence-corrected chi connectivity index (χ4v) is 1.98. The van der Waals surface area contributed by atoms with Gasteiger partial charge in [-0.05, 0) is 0 Å². The second-order valence-electron chi connectivity index (χ2n) is 3.63. The van der Waals surface area contributed by atoms with Crippen LogP contribution in [-0.2, 0) is 9.63 Å². The molecule has 0 amide bonds. The highest BCUT2D eigenvalue weighted by Crippen LogP contribution is 2.20. The summed E-state index contributed by atoms with van der Waals surface area (Å²) >= 11 is 1.07. The molecule has 0 bridgehead atoms. The summed E-state index contributed by atoms with van der Waals surface area (Å²) in [6, 6.07) is 7.57. The molecule has 2 aromatic rings. The Kier molecular flexibility index (Phi) is 4.50. The van der Waals surface area contributed by atoms with Crippen molar-refractivity contribution in [3.63, 3.8) is 0 Å². The molecule has 8 heteroatoms. The maximum Gasteiger partial charge on any atom is 0.313 e. The number of nitrogens with zero attached hydrogens (tertiary/aromatic N) is 2. The van der Waals surface area contributed by atoms with E-state index in [1.165, 1.54) is 0 Å². The highest BCUT2D eigenvalue weighted by Gasteiger charge is 2.09. The predicted molar refractivity (Wildman–Crippen MR) is 68.8 cm³/mol. The van der Waals surface area contributed by atoms with Crippen LogP contribution in [0.1, 0.15) is 0 Å². The molecule has 1 heterocycles. The maximum atomic E-state index is 10.5. The van der Waals surface area contributed by atoms with E-state index in [4.69, 9.17) is 9.94 Å². The standard InChI is InChI=1S/C11H12N4O3S/c1-18-15-8-4-2-3-7(5-8)10-12-11(14-13-10)19-6-9(16)17/h2-5,15H,6H2,1H3,(H,16,17)(H,12,13,14)/p+1. The van der Waals surface area contributed by atoms with E-state index in [-0.39, 0.29) is 5.75 Å². The molecular weight excluding hydrogens is 268 g/mol. The molecule has 4 N–H and O–H groups in total. The Morgan fingerprint density at radius 2 is 2.42 bits per heavy atom. The monoisotopic (exact) mass is 281 g/mol. The van der Waals surface area contributed by atoms with Gasteiger partial charge in [0.1, 0.15) is 0 Å². The number of H-pyrrole nitrogens is 1. The van der Waals surface area contributed by atoms with Crippen molar-refractivity contribution in [1.82, 2.24) is 15.2 Å². The Labute approximate surface area is 113 Å². The van der Waals surface area contributed by atoms with Crippen LogP contribution in [0.3, 0.4) is 0 Å². The molecule has 0 aliphatic heterocycles. The van der Waals surface area contributed by atoms with E-state index < -0.39 is 5.97 Å². The van der Waals surface area contributed by atoms with E-state index in [1.807, 2.05) is 24.3 Å². The smallest absolute Gasteiger partial charge is 0.313 e. The second-order valence-corrected chi connectivity index (χ2v) is 4.57. The van der Waals surface area contributed by atoms with Crippen molar-refractivity contribution in [2.24, 2.45) is 0 Å². The molecule has 0 spiro atoms. The van der Waals surface area contributed by atoms with Gasteiger partial charge in [0, 0.05) is 17.7 Å². The van der Waals surface area contributed by atoms with Crippen LogP contribution >= 0.6 is 11.8 Å². The van der Waals surface area contributed by atoms with Gasteiger partial charge in [-0.3, -0.25) is 9.89 Å².